The van der Waals surface area contributed by atoms with E-state index in [1.807, 2.05) is 24.3 Å². The third-order valence-electron chi connectivity index (χ3n) is 5.49. The Balaban J connectivity index is 1.43. The molecule has 0 aliphatic carbocycles. The van der Waals surface area contributed by atoms with Crippen molar-refractivity contribution in [2.75, 3.05) is 33.4 Å². The molecule has 2 saturated heterocycles. The second-order valence-corrected chi connectivity index (χ2v) is 7.45. The molecule has 8 heteroatoms. The molecular formula is C21H29N3O5. The number of methoxy groups -OCH3 is 1. The van der Waals surface area contributed by atoms with Gasteiger partial charge < -0.3 is 20.1 Å². The maximum absolute atomic E-state index is 12.6. The lowest BCUT2D eigenvalue weighted by Crippen LogP contribution is -2.35. The Morgan fingerprint density at radius 2 is 2.03 bits per heavy atom. The molecule has 2 fully saturated rings. The van der Waals surface area contributed by atoms with E-state index >= 15 is 0 Å². The van der Waals surface area contributed by atoms with Crippen molar-refractivity contribution in [1.82, 2.24) is 15.5 Å². The molecule has 1 aromatic carbocycles. The molecule has 0 unspecified atom stereocenters. The summed E-state index contributed by atoms with van der Waals surface area (Å²) in [5.41, 5.74) is 0.937. The van der Waals surface area contributed by atoms with Gasteiger partial charge in [0, 0.05) is 32.7 Å². The van der Waals surface area contributed by atoms with Crippen LogP contribution in [-0.2, 0) is 20.7 Å². The molecule has 2 aliphatic heterocycles. The van der Waals surface area contributed by atoms with E-state index in [1.165, 1.54) is 4.90 Å². The van der Waals surface area contributed by atoms with Crippen LogP contribution in [0.4, 0.5) is 4.79 Å². The molecule has 2 N–H and O–H groups in total. The molecular weight excluding hydrogens is 374 g/mol. The molecule has 0 saturated carbocycles. The van der Waals surface area contributed by atoms with Crippen LogP contribution in [0, 0.1) is 5.92 Å². The molecule has 0 radical (unpaired) electrons. The summed E-state index contributed by atoms with van der Waals surface area (Å²) in [5, 5.41) is 5.62. The SMILES string of the molecule is COc1ccccc1CCN1C(=O)N[C@@H](CCC(=O)NCC2CCOCC2)C1=O. The minimum absolute atomic E-state index is 0.0917. The Hall–Kier alpha value is -2.61. The standard InChI is InChI=1S/C21H29N3O5/c1-28-18-5-3-2-4-16(18)8-11-24-20(26)17(23-21(24)27)6-7-19(25)22-14-15-9-12-29-13-10-15/h2-5,15,17H,6-14H2,1H3,(H,22,25)(H,23,27)/t17-/m0/s1. The van der Waals surface area contributed by atoms with Crippen LogP contribution >= 0.6 is 0 Å². The lowest BCUT2D eigenvalue weighted by Gasteiger charge is -2.22. The first kappa shape index (κ1) is 21.1. The number of nitrogens with one attached hydrogen (secondary N) is 2. The Bertz CT molecular complexity index is 733. The average Bonchev–Trinajstić information content (AvgIpc) is 3.02. The van der Waals surface area contributed by atoms with Gasteiger partial charge in [-0.15, -0.1) is 0 Å². The van der Waals surface area contributed by atoms with Gasteiger partial charge in [0.15, 0.2) is 0 Å². The maximum Gasteiger partial charge on any atom is 0.324 e. The van der Waals surface area contributed by atoms with Gasteiger partial charge in [-0.05, 0) is 43.2 Å². The Kier molecular flexibility index (Phi) is 7.46. The number of hydrogen-bond donors (Lipinski definition) is 2. The van der Waals surface area contributed by atoms with E-state index in [0.29, 0.717) is 25.3 Å². The molecule has 1 atom stereocenters. The van der Waals surface area contributed by atoms with Crippen molar-refractivity contribution in [3.05, 3.63) is 29.8 Å². The van der Waals surface area contributed by atoms with Gasteiger partial charge in [0.2, 0.25) is 5.91 Å². The van der Waals surface area contributed by atoms with Crippen molar-refractivity contribution in [1.29, 1.82) is 0 Å². The van der Waals surface area contributed by atoms with Gasteiger partial charge in [-0.1, -0.05) is 18.2 Å². The van der Waals surface area contributed by atoms with Crippen LogP contribution in [0.5, 0.6) is 5.75 Å². The summed E-state index contributed by atoms with van der Waals surface area (Å²) >= 11 is 0. The average molecular weight is 403 g/mol. The van der Waals surface area contributed by atoms with Gasteiger partial charge in [-0.3, -0.25) is 14.5 Å². The van der Waals surface area contributed by atoms with E-state index in [-0.39, 0.29) is 24.8 Å². The molecule has 158 valence electrons. The largest absolute Gasteiger partial charge is 0.496 e. The summed E-state index contributed by atoms with van der Waals surface area (Å²) in [6, 6.07) is 6.48. The number of para-hydroxylation sites is 1. The van der Waals surface area contributed by atoms with Crippen LogP contribution in [0.3, 0.4) is 0 Å². The number of ether oxygens (including phenoxy) is 2. The maximum atomic E-state index is 12.6. The highest BCUT2D eigenvalue weighted by molar-refractivity contribution is 6.04. The molecule has 29 heavy (non-hydrogen) atoms. The second kappa shape index (κ2) is 10.2. The van der Waals surface area contributed by atoms with Crippen molar-refractivity contribution >= 4 is 17.8 Å². The van der Waals surface area contributed by atoms with E-state index in [2.05, 4.69) is 10.6 Å². The van der Waals surface area contributed by atoms with Crippen molar-refractivity contribution < 1.29 is 23.9 Å². The fourth-order valence-corrected chi connectivity index (χ4v) is 3.70. The smallest absolute Gasteiger partial charge is 0.324 e. The molecule has 1 aromatic rings. The van der Waals surface area contributed by atoms with Gasteiger partial charge in [0.05, 0.1) is 7.11 Å². The lowest BCUT2D eigenvalue weighted by molar-refractivity contribution is -0.127. The van der Waals surface area contributed by atoms with Crippen molar-refractivity contribution in [3.63, 3.8) is 0 Å². The summed E-state index contributed by atoms with van der Waals surface area (Å²) < 4.78 is 10.6. The zero-order chi connectivity index (χ0) is 20.6. The molecule has 2 heterocycles. The fraction of sp³-hybridized carbons (Fsp3) is 0.571. The summed E-state index contributed by atoms with van der Waals surface area (Å²) in [6.45, 7) is 2.40. The first-order chi connectivity index (χ1) is 14.1. The highest BCUT2D eigenvalue weighted by Crippen LogP contribution is 2.19. The van der Waals surface area contributed by atoms with Gasteiger partial charge in [0.25, 0.3) is 5.91 Å². The summed E-state index contributed by atoms with van der Waals surface area (Å²) in [7, 11) is 1.59. The first-order valence-electron chi connectivity index (χ1n) is 10.2. The normalized spacial score (nSPS) is 19.9. The molecule has 2 aliphatic rings. The van der Waals surface area contributed by atoms with Gasteiger partial charge >= 0.3 is 6.03 Å². The van der Waals surface area contributed by atoms with Gasteiger partial charge in [-0.2, -0.15) is 0 Å². The number of imide groups is 1. The molecule has 8 nitrogen and oxygen atoms in total. The van der Waals surface area contributed by atoms with Crippen molar-refractivity contribution in [3.8, 4) is 5.75 Å². The number of hydrogen-bond acceptors (Lipinski definition) is 5. The summed E-state index contributed by atoms with van der Waals surface area (Å²) in [6.07, 6.45) is 2.94. The van der Waals surface area contributed by atoms with E-state index in [1.54, 1.807) is 7.11 Å². The van der Waals surface area contributed by atoms with Crippen LogP contribution in [0.1, 0.15) is 31.2 Å². The number of urea groups is 1. The van der Waals surface area contributed by atoms with Crippen LogP contribution in [0.25, 0.3) is 0 Å². The quantitative estimate of drug-likeness (QED) is 0.609. The van der Waals surface area contributed by atoms with E-state index in [9.17, 15) is 14.4 Å². The Morgan fingerprint density at radius 3 is 2.79 bits per heavy atom. The molecule has 0 spiro atoms. The van der Waals surface area contributed by atoms with Gasteiger partial charge in [-0.25, -0.2) is 4.79 Å². The molecule has 0 aromatic heterocycles. The number of carbonyl (C=O) groups excluding carboxylic acids is 3. The van der Waals surface area contributed by atoms with Crippen LogP contribution in [-0.4, -0.2) is 62.2 Å². The number of amides is 4. The van der Waals surface area contributed by atoms with Crippen molar-refractivity contribution in [2.45, 2.75) is 38.1 Å². The number of rotatable bonds is 9. The Morgan fingerprint density at radius 1 is 1.28 bits per heavy atom. The third-order valence-corrected chi connectivity index (χ3v) is 5.49. The lowest BCUT2D eigenvalue weighted by atomic mass is 10.0. The molecule has 0 bridgehead atoms. The zero-order valence-electron chi connectivity index (χ0n) is 16.8. The van der Waals surface area contributed by atoms with Crippen molar-refractivity contribution in [2.24, 2.45) is 5.92 Å². The fourth-order valence-electron chi connectivity index (χ4n) is 3.70. The van der Waals surface area contributed by atoms with Crippen LogP contribution in [0.15, 0.2) is 24.3 Å². The highest BCUT2D eigenvalue weighted by atomic mass is 16.5. The van der Waals surface area contributed by atoms with E-state index < -0.39 is 12.1 Å². The Labute approximate surface area is 170 Å². The topological polar surface area (TPSA) is 97.0 Å². The highest BCUT2D eigenvalue weighted by Gasteiger charge is 2.37. The van der Waals surface area contributed by atoms with Gasteiger partial charge in [0.1, 0.15) is 11.8 Å². The predicted molar refractivity (Wildman–Crippen MR) is 107 cm³/mol. The first-order valence-corrected chi connectivity index (χ1v) is 10.2. The summed E-state index contributed by atoms with van der Waals surface area (Å²) in [4.78, 5) is 38.1. The zero-order valence-corrected chi connectivity index (χ0v) is 16.8. The van der Waals surface area contributed by atoms with Crippen LogP contribution < -0.4 is 15.4 Å². The second-order valence-electron chi connectivity index (χ2n) is 7.45. The monoisotopic (exact) mass is 403 g/mol. The minimum atomic E-state index is -0.644. The molecule has 4 amide bonds. The summed E-state index contributed by atoms with van der Waals surface area (Å²) in [5.74, 6) is 0.816. The minimum Gasteiger partial charge on any atom is -0.496 e. The van der Waals surface area contributed by atoms with Crippen LogP contribution in [0.2, 0.25) is 0 Å². The number of nitrogens with zero attached hydrogens (tertiary/aromatic N) is 1. The number of benzene rings is 1. The van der Waals surface area contributed by atoms with E-state index in [4.69, 9.17) is 9.47 Å². The predicted octanol–water partition coefficient (Wildman–Crippen LogP) is 1.48. The van der Waals surface area contributed by atoms with E-state index in [0.717, 1.165) is 37.4 Å². The third kappa shape index (κ3) is 5.69. The number of carbonyl (C=O) groups is 3. The molecule has 3 rings (SSSR count).